The van der Waals surface area contributed by atoms with Gasteiger partial charge in [0.2, 0.25) is 11.8 Å². The smallest absolute Gasteiger partial charge is 0.247 e. The van der Waals surface area contributed by atoms with Crippen molar-refractivity contribution in [2.24, 2.45) is 5.92 Å². The van der Waals surface area contributed by atoms with Crippen LogP contribution in [0.1, 0.15) is 57.1 Å². The summed E-state index contributed by atoms with van der Waals surface area (Å²) in [5.74, 6) is -0.148. The minimum Gasteiger partial charge on any atom is -0.326 e. The van der Waals surface area contributed by atoms with Gasteiger partial charge >= 0.3 is 0 Å². The van der Waals surface area contributed by atoms with Gasteiger partial charge in [-0.2, -0.15) is 0 Å². The van der Waals surface area contributed by atoms with E-state index in [9.17, 15) is 18.0 Å². The molecule has 1 unspecified atom stereocenters. The lowest BCUT2D eigenvalue weighted by atomic mass is 9.92. The predicted molar refractivity (Wildman–Crippen MR) is 128 cm³/mol. The van der Waals surface area contributed by atoms with Crippen LogP contribution in [-0.4, -0.2) is 36.4 Å². The molecule has 1 heterocycles. The summed E-state index contributed by atoms with van der Waals surface area (Å²) in [6.07, 6.45) is 4.06. The van der Waals surface area contributed by atoms with Crippen LogP contribution in [-0.2, 0) is 32.4 Å². The van der Waals surface area contributed by atoms with Crippen molar-refractivity contribution in [3.05, 3.63) is 59.7 Å². The molecule has 1 atom stereocenters. The first-order chi connectivity index (χ1) is 15.8. The maximum Gasteiger partial charge on any atom is 0.247 e. The van der Waals surface area contributed by atoms with E-state index in [4.69, 9.17) is 0 Å². The molecule has 1 aliphatic heterocycles. The second-order valence-electron chi connectivity index (χ2n) is 9.58. The molecular weight excluding hydrogens is 436 g/mol. The number of sulfone groups is 1. The van der Waals surface area contributed by atoms with E-state index in [0.29, 0.717) is 37.9 Å². The number of fused-ring (bicyclic) bond motifs is 1. The lowest BCUT2D eigenvalue weighted by Gasteiger charge is -2.36. The van der Waals surface area contributed by atoms with E-state index in [1.54, 1.807) is 29.2 Å². The third kappa shape index (κ3) is 5.13. The molecule has 4 rings (SSSR count). The standard InChI is InChI=1S/C26H32N2O4S/c1-18(2)14-25(29)28-17-20-9-4-3-8-19(20)15-24(28)26(30)27-21-10-7-13-23(16-21)33(31,32)22-11-5-6-12-22/h3-4,7-10,13,16,18,22,24H,5-6,11-12,14-15,17H2,1-2H3,(H,27,30). The number of rotatable bonds is 6. The molecular formula is C26H32N2O4S. The highest BCUT2D eigenvalue weighted by Gasteiger charge is 2.35. The maximum atomic E-state index is 13.3. The SMILES string of the molecule is CC(C)CC(=O)N1Cc2ccccc2CC1C(=O)Nc1cccc(S(=O)(=O)C2CCCC2)c1. The topological polar surface area (TPSA) is 83.6 Å². The molecule has 1 aliphatic carbocycles. The Balaban J connectivity index is 1.56. The van der Waals surface area contributed by atoms with E-state index in [1.807, 2.05) is 38.1 Å². The fraction of sp³-hybridized carbons (Fsp3) is 0.462. The Bertz CT molecular complexity index is 1140. The van der Waals surface area contributed by atoms with Crippen LogP contribution in [0, 0.1) is 5.92 Å². The summed E-state index contributed by atoms with van der Waals surface area (Å²) in [5, 5.41) is 2.54. The highest BCUT2D eigenvalue weighted by molar-refractivity contribution is 7.92. The molecule has 33 heavy (non-hydrogen) atoms. The summed E-state index contributed by atoms with van der Waals surface area (Å²) in [4.78, 5) is 28.2. The summed E-state index contributed by atoms with van der Waals surface area (Å²) >= 11 is 0. The highest BCUT2D eigenvalue weighted by atomic mass is 32.2. The van der Waals surface area contributed by atoms with Gasteiger partial charge in [-0.05, 0) is 48.1 Å². The van der Waals surface area contributed by atoms with Crippen molar-refractivity contribution in [1.82, 2.24) is 4.90 Å². The third-order valence-corrected chi connectivity index (χ3v) is 8.89. The lowest BCUT2D eigenvalue weighted by molar-refractivity contribution is -0.140. The van der Waals surface area contributed by atoms with Gasteiger partial charge < -0.3 is 10.2 Å². The molecule has 0 aromatic heterocycles. The first-order valence-corrected chi connectivity index (χ1v) is 13.3. The summed E-state index contributed by atoms with van der Waals surface area (Å²) < 4.78 is 26.0. The van der Waals surface area contributed by atoms with E-state index >= 15 is 0 Å². The molecule has 1 N–H and O–H groups in total. The number of amides is 2. The largest absolute Gasteiger partial charge is 0.326 e. The Morgan fingerprint density at radius 1 is 1.03 bits per heavy atom. The van der Waals surface area contributed by atoms with Crippen LogP contribution < -0.4 is 5.32 Å². The van der Waals surface area contributed by atoms with Gasteiger partial charge in [0, 0.05) is 25.1 Å². The van der Waals surface area contributed by atoms with Crippen LogP contribution in [0.3, 0.4) is 0 Å². The molecule has 176 valence electrons. The summed E-state index contributed by atoms with van der Waals surface area (Å²) in [6, 6.07) is 13.7. The number of nitrogens with one attached hydrogen (secondary N) is 1. The van der Waals surface area contributed by atoms with Crippen LogP contribution in [0.2, 0.25) is 0 Å². The Labute approximate surface area is 196 Å². The number of benzene rings is 2. The van der Waals surface area contributed by atoms with Crippen LogP contribution in [0.4, 0.5) is 5.69 Å². The number of hydrogen-bond donors (Lipinski definition) is 1. The quantitative estimate of drug-likeness (QED) is 0.684. The van der Waals surface area contributed by atoms with Crippen LogP contribution in [0.5, 0.6) is 0 Å². The molecule has 7 heteroatoms. The second-order valence-corrected chi connectivity index (χ2v) is 11.8. The van der Waals surface area contributed by atoms with Gasteiger partial charge in [0.25, 0.3) is 0 Å². The van der Waals surface area contributed by atoms with Gasteiger partial charge in [0.05, 0.1) is 10.1 Å². The molecule has 0 bridgehead atoms. The van der Waals surface area contributed by atoms with Gasteiger partial charge in [-0.3, -0.25) is 9.59 Å². The van der Waals surface area contributed by atoms with Crippen molar-refractivity contribution >= 4 is 27.3 Å². The number of nitrogens with zero attached hydrogens (tertiary/aromatic N) is 1. The molecule has 2 aliphatic rings. The van der Waals surface area contributed by atoms with Crippen molar-refractivity contribution < 1.29 is 18.0 Å². The molecule has 0 radical (unpaired) electrons. The molecule has 2 amide bonds. The molecule has 2 aromatic carbocycles. The molecule has 1 fully saturated rings. The molecule has 2 aromatic rings. The summed E-state index contributed by atoms with van der Waals surface area (Å²) in [7, 11) is -3.42. The first-order valence-electron chi connectivity index (χ1n) is 11.8. The Morgan fingerprint density at radius 2 is 1.73 bits per heavy atom. The Kier molecular flexibility index (Phi) is 6.88. The van der Waals surface area contributed by atoms with Gasteiger partial charge in [-0.15, -0.1) is 0 Å². The van der Waals surface area contributed by atoms with E-state index in [1.165, 1.54) is 0 Å². The van der Waals surface area contributed by atoms with Gasteiger partial charge in [0.1, 0.15) is 6.04 Å². The average molecular weight is 469 g/mol. The zero-order valence-corrected chi connectivity index (χ0v) is 20.1. The average Bonchev–Trinajstić information content (AvgIpc) is 3.34. The van der Waals surface area contributed by atoms with Gasteiger partial charge in [0.15, 0.2) is 9.84 Å². The van der Waals surface area contributed by atoms with Crippen molar-refractivity contribution in [1.29, 1.82) is 0 Å². The maximum absolute atomic E-state index is 13.3. The van der Waals surface area contributed by atoms with E-state index in [2.05, 4.69) is 5.32 Å². The number of hydrogen-bond acceptors (Lipinski definition) is 4. The Hall–Kier alpha value is -2.67. The number of anilines is 1. The minimum atomic E-state index is -3.42. The fourth-order valence-corrected chi connectivity index (χ4v) is 6.75. The van der Waals surface area contributed by atoms with Gasteiger partial charge in [-0.1, -0.05) is 57.0 Å². The number of carbonyl (C=O) groups is 2. The highest BCUT2D eigenvalue weighted by Crippen LogP contribution is 2.31. The van der Waals surface area contributed by atoms with Crippen molar-refractivity contribution in [3.8, 4) is 0 Å². The first kappa shape index (κ1) is 23.5. The van der Waals surface area contributed by atoms with Gasteiger partial charge in [-0.25, -0.2) is 8.42 Å². The monoisotopic (exact) mass is 468 g/mol. The zero-order valence-electron chi connectivity index (χ0n) is 19.3. The summed E-state index contributed by atoms with van der Waals surface area (Å²) in [5.41, 5.74) is 2.56. The van der Waals surface area contributed by atoms with Crippen molar-refractivity contribution in [2.75, 3.05) is 5.32 Å². The normalized spacial score (nSPS) is 18.9. The lowest BCUT2D eigenvalue weighted by Crippen LogP contribution is -2.50. The minimum absolute atomic E-state index is 0.0442. The van der Waals surface area contributed by atoms with Crippen LogP contribution in [0.25, 0.3) is 0 Å². The van der Waals surface area contributed by atoms with E-state index in [-0.39, 0.29) is 27.9 Å². The van der Waals surface area contributed by atoms with E-state index in [0.717, 1.165) is 24.0 Å². The van der Waals surface area contributed by atoms with Crippen molar-refractivity contribution in [2.45, 2.75) is 75.1 Å². The third-order valence-electron chi connectivity index (χ3n) is 6.63. The molecule has 1 saturated carbocycles. The zero-order chi connectivity index (χ0) is 23.6. The van der Waals surface area contributed by atoms with Crippen LogP contribution in [0.15, 0.2) is 53.4 Å². The number of carbonyl (C=O) groups excluding carboxylic acids is 2. The van der Waals surface area contributed by atoms with E-state index < -0.39 is 15.9 Å². The predicted octanol–water partition coefficient (Wildman–Crippen LogP) is 4.34. The second kappa shape index (κ2) is 9.67. The Morgan fingerprint density at radius 3 is 2.42 bits per heavy atom. The van der Waals surface area contributed by atoms with Crippen molar-refractivity contribution in [3.63, 3.8) is 0 Å². The summed E-state index contributed by atoms with van der Waals surface area (Å²) in [6.45, 7) is 4.37. The van der Waals surface area contributed by atoms with Crippen LogP contribution >= 0.6 is 0 Å². The molecule has 6 nitrogen and oxygen atoms in total. The molecule has 0 saturated heterocycles. The molecule has 0 spiro atoms. The fourth-order valence-electron chi connectivity index (χ4n) is 4.85.